The summed E-state index contributed by atoms with van der Waals surface area (Å²) in [6, 6.07) is 10.7. The predicted molar refractivity (Wildman–Crippen MR) is 131 cm³/mol. The minimum Gasteiger partial charge on any atom is -0.414 e. The number of ether oxygens (including phenoxy) is 1. The molecule has 194 valence electrons. The zero-order valence-electron chi connectivity index (χ0n) is 20.4. The van der Waals surface area contributed by atoms with Gasteiger partial charge in [-0.3, -0.25) is 4.79 Å². The lowest BCUT2D eigenvalue weighted by molar-refractivity contribution is -0.274. The standard InChI is InChI=1S/C24H27ClF3N3O4Si/c1-23(2,3)36(4,5)33-14-19(29-21(32)16-6-10-17(25)11-7-16)22-30-20(31-35-22)15-8-12-18(13-9-15)34-24(26,27)28/h6-13,19H,14H2,1-5H3,(H,29,32). The van der Waals surface area contributed by atoms with E-state index in [0.717, 1.165) is 12.1 Å². The lowest BCUT2D eigenvalue weighted by Crippen LogP contribution is -2.43. The summed E-state index contributed by atoms with van der Waals surface area (Å²) in [7, 11) is -2.19. The molecule has 0 spiro atoms. The highest BCUT2D eigenvalue weighted by Gasteiger charge is 2.38. The van der Waals surface area contributed by atoms with E-state index < -0.39 is 20.7 Å². The second-order valence-electron chi connectivity index (χ2n) is 9.63. The summed E-state index contributed by atoms with van der Waals surface area (Å²) in [6.07, 6.45) is -4.79. The van der Waals surface area contributed by atoms with E-state index in [4.69, 9.17) is 20.6 Å². The molecule has 0 fully saturated rings. The largest absolute Gasteiger partial charge is 0.573 e. The van der Waals surface area contributed by atoms with E-state index in [0.29, 0.717) is 16.1 Å². The summed E-state index contributed by atoms with van der Waals surface area (Å²) in [4.78, 5) is 17.3. The van der Waals surface area contributed by atoms with Crippen molar-refractivity contribution in [3.63, 3.8) is 0 Å². The van der Waals surface area contributed by atoms with Crippen LogP contribution in [0.2, 0.25) is 23.2 Å². The number of hydrogen-bond acceptors (Lipinski definition) is 6. The third kappa shape index (κ3) is 7.31. The third-order valence-corrected chi connectivity index (χ3v) is 10.7. The topological polar surface area (TPSA) is 86.5 Å². The van der Waals surface area contributed by atoms with E-state index >= 15 is 0 Å². The molecule has 12 heteroatoms. The minimum atomic E-state index is -4.79. The maximum Gasteiger partial charge on any atom is 0.573 e. The number of aromatic nitrogens is 2. The number of hydrogen-bond donors (Lipinski definition) is 1. The van der Waals surface area contributed by atoms with Crippen molar-refractivity contribution in [2.45, 2.75) is 51.3 Å². The zero-order chi connectivity index (χ0) is 26.7. The van der Waals surface area contributed by atoms with Gasteiger partial charge in [0.2, 0.25) is 5.82 Å². The fourth-order valence-corrected chi connectivity index (χ4v) is 3.97. The van der Waals surface area contributed by atoms with Gasteiger partial charge in [0.15, 0.2) is 8.32 Å². The maximum absolute atomic E-state index is 12.9. The summed E-state index contributed by atoms with van der Waals surface area (Å²) < 4.78 is 52.9. The van der Waals surface area contributed by atoms with E-state index in [1.54, 1.807) is 24.3 Å². The molecule has 2 aromatic carbocycles. The van der Waals surface area contributed by atoms with Crippen LogP contribution in [0.1, 0.15) is 43.1 Å². The summed E-state index contributed by atoms with van der Waals surface area (Å²) in [5.74, 6) is -0.516. The highest BCUT2D eigenvalue weighted by molar-refractivity contribution is 6.74. The molecule has 1 amide bonds. The Bertz CT molecular complexity index is 1180. The van der Waals surface area contributed by atoms with Crippen molar-refractivity contribution >= 4 is 25.8 Å². The molecule has 1 aromatic heterocycles. The molecular weight excluding hydrogens is 515 g/mol. The molecule has 36 heavy (non-hydrogen) atoms. The number of benzene rings is 2. The van der Waals surface area contributed by atoms with Gasteiger partial charge in [0.1, 0.15) is 11.8 Å². The van der Waals surface area contributed by atoms with E-state index in [1.807, 2.05) is 0 Å². The second-order valence-corrected chi connectivity index (χ2v) is 14.9. The Morgan fingerprint density at radius 1 is 1.08 bits per heavy atom. The van der Waals surface area contributed by atoms with E-state index in [1.165, 1.54) is 12.1 Å². The molecule has 0 saturated carbocycles. The highest BCUT2D eigenvalue weighted by Crippen LogP contribution is 2.37. The zero-order valence-corrected chi connectivity index (χ0v) is 22.2. The van der Waals surface area contributed by atoms with Crippen LogP contribution in [0.4, 0.5) is 13.2 Å². The quantitative estimate of drug-likeness (QED) is 0.316. The Balaban J connectivity index is 1.83. The smallest absolute Gasteiger partial charge is 0.414 e. The Hall–Kier alpha value is -2.89. The average molecular weight is 542 g/mol. The van der Waals surface area contributed by atoms with Crippen molar-refractivity contribution in [3.8, 4) is 17.1 Å². The molecule has 7 nitrogen and oxygen atoms in total. The molecule has 0 aliphatic rings. The van der Waals surface area contributed by atoms with Gasteiger partial charge in [-0.1, -0.05) is 37.5 Å². The Labute approximate surface area is 213 Å². The monoisotopic (exact) mass is 541 g/mol. The molecule has 1 unspecified atom stereocenters. The van der Waals surface area contributed by atoms with Crippen molar-refractivity contribution in [3.05, 3.63) is 65.0 Å². The number of halogens is 4. The normalized spacial score (nSPS) is 13.4. The molecule has 0 saturated heterocycles. The van der Waals surface area contributed by atoms with Crippen molar-refractivity contribution in [1.29, 1.82) is 0 Å². The van der Waals surface area contributed by atoms with Crippen LogP contribution in [0.15, 0.2) is 53.1 Å². The van der Waals surface area contributed by atoms with Crippen molar-refractivity contribution in [2.75, 3.05) is 6.61 Å². The van der Waals surface area contributed by atoms with Crippen LogP contribution in [0, 0.1) is 0 Å². The molecule has 1 N–H and O–H groups in total. The van der Waals surface area contributed by atoms with Crippen LogP contribution in [0.5, 0.6) is 5.75 Å². The van der Waals surface area contributed by atoms with Gasteiger partial charge < -0.3 is 19.0 Å². The number of carbonyl (C=O) groups is 1. The minimum absolute atomic E-state index is 0.0715. The van der Waals surface area contributed by atoms with Crippen LogP contribution in [-0.4, -0.2) is 37.3 Å². The Morgan fingerprint density at radius 3 is 2.25 bits per heavy atom. The van der Waals surface area contributed by atoms with Crippen LogP contribution in [-0.2, 0) is 4.43 Å². The van der Waals surface area contributed by atoms with Gasteiger partial charge in [0.25, 0.3) is 11.8 Å². The number of nitrogens with one attached hydrogen (secondary N) is 1. The Morgan fingerprint density at radius 2 is 1.69 bits per heavy atom. The lowest BCUT2D eigenvalue weighted by atomic mass is 10.2. The number of amides is 1. The molecule has 0 radical (unpaired) electrons. The Kier molecular flexibility index (Phi) is 8.16. The lowest BCUT2D eigenvalue weighted by Gasteiger charge is -2.37. The van der Waals surface area contributed by atoms with Gasteiger partial charge in [0.05, 0.1) is 6.61 Å². The molecule has 1 heterocycles. The van der Waals surface area contributed by atoms with Crippen LogP contribution in [0.3, 0.4) is 0 Å². The molecule has 3 rings (SSSR count). The fourth-order valence-electron chi connectivity index (χ4n) is 2.83. The predicted octanol–water partition coefficient (Wildman–Crippen LogP) is 6.78. The van der Waals surface area contributed by atoms with Gasteiger partial charge >= 0.3 is 6.36 Å². The van der Waals surface area contributed by atoms with Gasteiger partial charge in [0, 0.05) is 16.1 Å². The first-order chi connectivity index (χ1) is 16.6. The SMILES string of the molecule is CC(C)(C)[Si](C)(C)OCC(NC(=O)c1ccc(Cl)cc1)c1nc(-c2ccc(OC(F)(F)F)cc2)no1. The van der Waals surface area contributed by atoms with Gasteiger partial charge in [-0.15, -0.1) is 13.2 Å². The number of nitrogens with zero attached hydrogens (tertiary/aromatic N) is 2. The van der Waals surface area contributed by atoms with Crippen LogP contribution in [0.25, 0.3) is 11.4 Å². The fraction of sp³-hybridized carbons (Fsp3) is 0.375. The van der Waals surface area contributed by atoms with Crippen molar-refractivity contribution < 1.29 is 31.7 Å². The van der Waals surface area contributed by atoms with E-state index in [-0.39, 0.29) is 35.0 Å². The summed E-state index contributed by atoms with van der Waals surface area (Å²) in [5.41, 5.74) is 0.796. The average Bonchev–Trinajstić information content (AvgIpc) is 3.25. The van der Waals surface area contributed by atoms with E-state index in [2.05, 4.69) is 54.1 Å². The molecule has 1 atom stereocenters. The molecule has 0 aliphatic carbocycles. The molecule has 3 aromatic rings. The number of rotatable bonds is 8. The maximum atomic E-state index is 12.9. The summed E-state index contributed by atoms with van der Waals surface area (Å²) >= 11 is 5.92. The van der Waals surface area contributed by atoms with Gasteiger partial charge in [-0.2, -0.15) is 4.98 Å². The molecule has 0 bridgehead atoms. The first-order valence-corrected chi connectivity index (χ1v) is 14.3. The summed E-state index contributed by atoms with van der Waals surface area (Å²) in [5, 5.41) is 7.23. The molecular formula is C24H27ClF3N3O4Si. The van der Waals surface area contributed by atoms with Gasteiger partial charge in [-0.25, -0.2) is 0 Å². The molecule has 0 aliphatic heterocycles. The second kappa shape index (κ2) is 10.6. The summed E-state index contributed by atoms with van der Waals surface area (Å²) in [6.45, 7) is 10.5. The third-order valence-electron chi connectivity index (χ3n) is 5.91. The van der Waals surface area contributed by atoms with E-state index in [9.17, 15) is 18.0 Å². The van der Waals surface area contributed by atoms with Crippen LogP contribution >= 0.6 is 11.6 Å². The first-order valence-electron chi connectivity index (χ1n) is 11.0. The van der Waals surface area contributed by atoms with Crippen LogP contribution < -0.4 is 10.1 Å². The van der Waals surface area contributed by atoms with Crippen molar-refractivity contribution in [1.82, 2.24) is 15.5 Å². The number of carbonyl (C=O) groups excluding carboxylic acids is 1. The highest BCUT2D eigenvalue weighted by atomic mass is 35.5. The van der Waals surface area contributed by atoms with Gasteiger partial charge in [-0.05, 0) is 66.7 Å². The first kappa shape index (κ1) is 27.7. The van der Waals surface area contributed by atoms with Crippen molar-refractivity contribution in [2.24, 2.45) is 0 Å². The number of alkyl halides is 3.